The van der Waals surface area contributed by atoms with Crippen LogP contribution in [0, 0.1) is 5.82 Å². The lowest BCUT2D eigenvalue weighted by atomic mass is 10.0. The number of aryl methyl sites for hydroxylation is 1. The Morgan fingerprint density at radius 2 is 2.04 bits per heavy atom. The average Bonchev–Trinajstić information content (AvgIpc) is 2.64. The number of nitrogens with zero attached hydrogens (tertiary/aromatic N) is 3. The van der Waals surface area contributed by atoms with Gasteiger partial charge in [-0.25, -0.2) is 4.39 Å². The molecule has 1 atom stereocenters. The zero-order valence-corrected chi connectivity index (χ0v) is 14.6. The Kier molecular flexibility index (Phi) is 5.76. The zero-order chi connectivity index (χ0) is 17.6. The molecule has 1 unspecified atom stereocenters. The predicted molar refractivity (Wildman–Crippen MR) is 95.5 cm³/mol. The maximum Gasteiger partial charge on any atom is 0.222 e. The van der Waals surface area contributed by atoms with Crippen molar-refractivity contribution >= 4 is 5.91 Å². The van der Waals surface area contributed by atoms with Crippen LogP contribution in [0.2, 0.25) is 0 Å². The smallest absolute Gasteiger partial charge is 0.222 e. The quantitative estimate of drug-likeness (QED) is 0.839. The van der Waals surface area contributed by atoms with Gasteiger partial charge in [-0.15, -0.1) is 0 Å². The van der Waals surface area contributed by atoms with Crippen molar-refractivity contribution in [2.45, 2.75) is 25.3 Å². The van der Waals surface area contributed by atoms with E-state index in [9.17, 15) is 9.18 Å². The number of hydrogen-bond acceptors (Lipinski definition) is 3. The first kappa shape index (κ1) is 17.5. The first-order valence-electron chi connectivity index (χ1n) is 8.76. The fraction of sp³-hybridized carbons (Fsp3) is 0.400. The first-order valence-corrected chi connectivity index (χ1v) is 8.76. The van der Waals surface area contributed by atoms with Crippen molar-refractivity contribution in [2.75, 3.05) is 26.7 Å². The Hall–Kier alpha value is -2.27. The largest absolute Gasteiger partial charge is 0.339 e. The summed E-state index contributed by atoms with van der Waals surface area (Å²) in [7, 11) is 2.05. The van der Waals surface area contributed by atoms with Gasteiger partial charge in [-0.2, -0.15) is 0 Å². The van der Waals surface area contributed by atoms with Crippen LogP contribution in [-0.4, -0.2) is 47.4 Å². The second kappa shape index (κ2) is 8.21. The van der Waals surface area contributed by atoms with Crippen LogP contribution < -0.4 is 0 Å². The molecular formula is C20H24FN3O. The minimum Gasteiger partial charge on any atom is -0.339 e. The molecule has 1 fully saturated rings. The minimum absolute atomic E-state index is 0.122. The summed E-state index contributed by atoms with van der Waals surface area (Å²) < 4.78 is 13.2. The zero-order valence-electron chi connectivity index (χ0n) is 14.6. The van der Waals surface area contributed by atoms with Crippen molar-refractivity contribution in [1.29, 1.82) is 0 Å². The Morgan fingerprint density at radius 1 is 1.24 bits per heavy atom. The van der Waals surface area contributed by atoms with Crippen LogP contribution in [0.1, 0.15) is 30.0 Å². The van der Waals surface area contributed by atoms with Gasteiger partial charge in [-0.05, 0) is 49.2 Å². The van der Waals surface area contributed by atoms with Crippen molar-refractivity contribution in [3.05, 3.63) is 65.7 Å². The standard InChI is InChI=1S/C20H24FN3O/c1-23-12-13-24(15-19(23)17-7-9-18(21)10-8-17)20(25)6-2-4-16-5-3-11-22-14-16/h3,5,7-11,14,19H,2,4,6,12-13,15H2,1H3. The van der Waals surface area contributed by atoms with Crippen molar-refractivity contribution < 1.29 is 9.18 Å². The van der Waals surface area contributed by atoms with Gasteiger partial charge in [0.15, 0.2) is 0 Å². The normalized spacial score (nSPS) is 18.3. The number of likely N-dealkylation sites (N-methyl/N-ethyl adjacent to an activating group) is 1. The number of aromatic nitrogens is 1. The molecule has 2 aromatic rings. The predicted octanol–water partition coefficient (Wildman–Crippen LogP) is 3.06. The maximum atomic E-state index is 13.2. The summed E-state index contributed by atoms with van der Waals surface area (Å²) in [6.45, 7) is 2.24. The van der Waals surface area contributed by atoms with Crippen molar-refractivity contribution in [3.63, 3.8) is 0 Å². The Labute approximate surface area is 148 Å². The van der Waals surface area contributed by atoms with E-state index in [4.69, 9.17) is 0 Å². The number of hydrogen-bond donors (Lipinski definition) is 0. The second-order valence-corrected chi connectivity index (χ2v) is 6.60. The molecule has 1 saturated heterocycles. The average molecular weight is 341 g/mol. The first-order chi connectivity index (χ1) is 12.1. The van der Waals surface area contributed by atoms with E-state index in [1.54, 1.807) is 6.20 Å². The molecular weight excluding hydrogens is 317 g/mol. The number of carbonyl (C=O) groups is 1. The van der Waals surface area contributed by atoms with Gasteiger partial charge >= 0.3 is 0 Å². The van der Waals surface area contributed by atoms with E-state index in [-0.39, 0.29) is 17.8 Å². The topological polar surface area (TPSA) is 36.4 Å². The number of amides is 1. The van der Waals surface area contributed by atoms with Crippen LogP contribution >= 0.6 is 0 Å². The molecule has 1 aromatic carbocycles. The van der Waals surface area contributed by atoms with Crippen LogP contribution in [0.5, 0.6) is 0 Å². The van der Waals surface area contributed by atoms with E-state index in [1.807, 2.05) is 35.4 Å². The number of benzene rings is 1. The molecule has 0 saturated carbocycles. The highest BCUT2D eigenvalue weighted by molar-refractivity contribution is 5.76. The van der Waals surface area contributed by atoms with Crippen molar-refractivity contribution in [2.24, 2.45) is 0 Å². The third-order valence-corrected chi connectivity index (χ3v) is 4.83. The molecule has 1 aromatic heterocycles. The van der Waals surface area contributed by atoms with E-state index in [2.05, 4.69) is 16.9 Å². The lowest BCUT2D eigenvalue weighted by Crippen LogP contribution is -2.48. The summed E-state index contributed by atoms with van der Waals surface area (Å²) in [4.78, 5) is 20.8. The molecule has 5 heteroatoms. The molecule has 25 heavy (non-hydrogen) atoms. The minimum atomic E-state index is -0.231. The second-order valence-electron chi connectivity index (χ2n) is 6.60. The third kappa shape index (κ3) is 4.63. The molecule has 4 nitrogen and oxygen atoms in total. The van der Waals surface area contributed by atoms with Gasteiger partial charge in [-0.3, -0.25) is 14.7 Å². The number of rotatable bonds is 5. The van der Waals surface area contributed by atoms with Gasteiger partial charge in [0.2, 0.25) is 5.91 Å². The highest BCUT2D eigenvalue weighted by Crippen LogP contribution is 2.24. The lowest BCUT2D eigenvalue weighted by Gasteiger charge is -2.39. The Morgan fingerprint density at radius 3 is 2.76 bits per heavy atom. The van der Waals surface area contributed by atoms with Crippen molar-refractivity contribution in [1.82, 2.24) is 14.8 Å². The molecule has 3 rings (SSSR count). The Balaban J connectivity index is 1.55. The van der Waals surface area contributed by atoms with Gasteiger partial charge < -0.3 is 4.90 Å². The molecule has 1 amide bonds. The van der Waals surface area contributed by atoms with E-state index in [1.165, 1.54) is 12.1 Å². The van der Waals surface area contributed by atoms with Gasteiger partial charge in [-0.1, -0.05) is 18.2 Å². The molecule has 0 N–H and O–H groups in total. The number of piperazine rings is 1. The molecule has 0 radical (unpaired) electrons. The monoisotopic (exact) mass is 341 g/mol. The summed E-state index contributed by atoms with van der Waals surface area (Å²) >= 11 is 0. The highest BCUT2D eigenvalue weighted by Gasteiger charge is 2.28. The fourth-order valence-electron chi connectivity index (χ4n) is 3.29. The van der Waals surface area contributed by atoms with Crippen LogP contribution in [0.3, 0.4) is 0 Å². The SMILES string of the molecule is CN1CCN(C(=O)CCCc2cccnc2)CC1c1ccc(F)cc1. The van der Waals surface area contributed by atoms with Gasteiger partial charge in [0.25, 0.3) is 0 Å². The summed E-state index contributed by atoms with van der Waals surface area (Å²) in [6.07, 6.45) is 5.86. The van der Waals surface area contributed by atoms with Crippen LogP contribution in [0.25, 0.3) is 0 Å². The lowest BCUT2D eigenvalue weighted by molar-refractivity contribution is -0.134. The van der Waals surface area contributed by atoms with Gasteiger partial charge in [0, 0.05) is 38.4 Å². The molecule has 1 aliphatic rings. The van der Waals surface area contributed by atoms with E-state index in [0.29, 0.717) is 13.0 Å². The van der Waals surface area contributed by atoms with Crippen LogP contribution in [0.15, 0.2) is 48.8 Å². The third-order valence-electron chi connectivity index (χ3n) is 4.83. The van der Waals surface area contributed by atoms with E-state index < -0.39 is 0 Å². The molecule has 0 aliphatic carbocycles. The summed E-state index contributed by atoms with van der Waals surface area (Å²) in [5.41, 5.74) is 2.22. The van der Waals surface area contributed by atoms with Crippen molar-refractivity contribution in [3.8, 4) is 0 Å². The molecule has 0 bridgehead atoms. The molecule has 0 spiro atoms. The van der Waals surface area contributed by atoms with Gasteiger partial charge in [0.1, 0.15) is 5.82 Å². The highest BCUT2D eigenvalue weighted by atomic mass is 19.1. The van der Waals surface area contributed by atoms with E-state index >= 15 is 0 Å². The molecule has 132 valence electrons. The summed E-state index contributed by atoms with van der Waals surface area (Å²) in [5.74, 6) is -0.0327. The van der Waals surface area contributed by atoms with E-state index in [0.717, 1.165) is 37.1 Å². The molecule has 2 heterocycles. The van der Waals surface area contributed by atoms with Crippen LogP contribution in [-0.2, 0) is 11.2 Å². The number of pyridine rings is 1. The number of carbonyl (C=O) groups excluding carboxylic acids is 1. The summed E-state index contributed by atoms with van der Waals surface area (Å²) in [6, 6.07) is 10.7. The number of halogens is 1. The Bertz CT molecular complexity index is 690. The fourth-order valence-corrected chi connectivity index (χ4v) is 3.29. The van der Waals surface area contributed by atoms with Crippen LogP contribution in [0.4, 0.5) is 4.39 Å². The van der Waals surface area contributed by atoms with Gasteiger partial charge in [0.05, 0.1) is 6.04 Å². The summed E-state index contributed by atoms with van der Waals surface area (Å²) in [5, 5.41) is 0. The maximum absolute atomic E-state index is 13.2. The molecule has 1 aliphatic heterocycles.